The van der Waals surface area contributed by atoms with Crippen molar-refractivity contribution >= 4 is 27.6 Å². The number of nitrogens with two attached hydrogens (primary N) is 1. The molecule has 0 aliphatic heterocycles. The van der Waals surface area contributed by atoms with Crippen molar-refractivity contribution in [1.82, 2.24) is 0 Å². The molecule has 7 nitrogen and oxygen atoms in total. The first-order valence-electron chi connectivity index (χ1n) is 9.00. The first kappa shape index (κ1) is 20.0. The predicted octanol–water partition coefficient (Wildman–Crippen LogP) is 2.40. The summed E-state index contributed by atoms with van der Waals surface area (Å²) in [6, 6.07) is 10.9. The highest BCUT2D eigenvalue weighted by atomic mass is 32.2. The van der Waals surface area contributed by atoms with Crippen molar-refractivity contribution in [2.75, 3.05) is 5.32 Å². The number of primary sulfonamides is 1. The Kier molecular flexibility index (Phi) is 5.81. The molecule has 0 heterocycles. The Labute approximate surface area is 163 Å². The number of nitrogens with one attached hydrogen (secondary N) is 1. The summed E-state index contributed by atoms with van der Waals surface area (Å²) >= 11 is 0. The average Bonchev–Trinajstić information content (AvgIpc) is 2.67. The normalized spacial score (nSPS) is 14.6. The van der Waals surface area contributed by atoms with Crippen LogP contribution in [0.4, 0.5) is 5.69 Å². The molecular weight excluding hydrogens is 380 g/mol. The molecule has 1 amide bonds. The topological polar surface area (TPSA) is 116 Å². The van der Waals surface area contributed by atoms with Gasteiger partial charge in [0.05, 0.1) is 10.5 Å². The molecule has 2 aromatic rings. The lowest BCUT2D eigenvalue weighted by atomic mass is 9.90. The Morgan fingerprint density at radius 2 is 1.68 bits per heavy atom. The van der Waals surface area contributed by atoms with Gasteiger partial charge < -0.3 is 10.1 Å². The largest absolute Gasteiger partial charge is 0.449 e. The van der Waals surface area contributed by atoms with Crippen LogP contribution in [0.1, 0.15) is 41.3 Å². The molecule has 1 aliphatic rings. The van der Waals surface area contributed by atoms with E-state index in [1.165, 1.54) is 36.8 Å². The Bertz CT molecular complexity index is 1000. The smallest absolute Gasteiger partial charge is 0.338 e. The van der Waals surface area contributed by atoms with E-state index in [2.05, 4.69) is 5.32 Å². The molecule has 0 spiro atoms. The fourth-order valence-electron chi connectivity index (χ4n) is 3.11. The minimum Gasteiger partial charge on any atom is -0.449 e. The summed E-state index contributed by atoms with van der Waals surface area (Å²) < 4.78 is 27.8. The van der Waals surface area contributed by atoms with Gasteiger partial charge in [-0.1, -0.05) is 6.07 Å². The predicted molar refractivity (Wildman–Crippen MR) is 104 cm³/mol. The fourth-order valence-corrected chi connectivity index (χ4v) is 3.63. The highest BCUT2D eigenvalue weighted by Gasteiger charge is 2.20. The number of hydrogen-bond donors (Lipinski definition) is 2. The van der Waals surface area contributed by atoms with E-state index in [-0.39, 0.29) is 4.90 Å². The third-order valence-corrected chi connectivity index (χ3v) is 5.62. The van der Waals surface area contributed by atoms with Gasteiger partial charge in [0.15, 0.2) is 6.10 Å². The standard InChI is InChI=1S/C20H22N2O5S/c1-13(19(23)22-17-8-10-18(11-9-17)28(21,25)26)27-20(24)16-7-6-14-4-2-3-5-15(14)12-16/h6-13H,2-5H2,1H3,(H,22,23)(H2,21,25,26)/t13-/m1/s1. The van der Waals surface area contributed by atoms with E-state index in [1.54, 1.807) is 6.07 Å². The second kappa shape index (κ2) is 8.12. The van der Waals surface area contributed by atoms with Crippen molar-refractivity contribution in [3.63, 3.8) is 0 Å². The van der Waals surface area contributed by atoms with Gasteiger partial charge in [0, 0.05) is 5.69 Å². The maximum atomic E-state index is 12.4. The second-order valence-electron chi connectivity index (χ2n) is 6.80. The van der Waals surface area contributed by atoms with Gasteiger partial charge in [-0.2, -0.15) is 0 Å². The number of sulfonamides is 1. The molecule has 0 fully saturated rings. The molecule has 3 rings (SSSR count). The van der Waals surface area contributed by atoms with E-state index in [0.717, 1.165) is 31.2 Å². The molecule has 1 aliphatic carbocycles. The third-order valence-electron chi connectivity index (χ3n) is 4.69. The van der Waals surface area contributed by atoms with Gasteiger partial charge in [-0.25, -0.2) is 18.4 Å². The van der Waals surface area contributed by atoms with E-state index < -0.39 is 28.0 Å². The SMILES string of the molecule is C[C@@H](OC(=O)c1ccc2c(c1)CCCC2)C(=O)Nc1ccc(S(N)(=O)=O)cc1. The van der Waals surface area contributed by atoms with E-state index >= 15 is 0 Å². The molecule has 28 heavy (non-hydrogen) atoms. The number of hydrogen-bond acceptors (Lipinski definition) is 5. The number of amides is 1. The number of fused-ring (bicyclic) bond motifs is 1. The van der Waals surface area contributed by atoms with E-state index in [1.807, 2.05) is 12.1 Å². The zero-order chi connectivity index (χ0) is 20.3. The van der Waals surface area contributed by atoms with Gasteiger partial charge in [0.1, 0.15) is 0 Å². The number of aryl methyl sites for hydroxylation is 2. The van der Waals surface area contributed by atoms with Crippen LogP contribution in [-0.4, -0.2) is 26.4 Å². The van der Waals surface area contributed by atoms with E-state index in [4.69, 9.17) is 9.88 Å². The second-order valence-corrected chi connectivity index (χ2v) is 8.36. The first-order valence-corrected chi connectivity index (χ1v) is 10.6. The molecule has 0 unspecified atom stereocenters. The van der Waals surface area contributed by atoms with Gasteiger partial charge in [-0.3, -0.25) is 4.79 Å². The maximum Gasteiger partial charge on any atom is 0.338 e. The molecule has 3 N–H and O–H groups in total. The Hall–Kier alpha value is -2.71. The molecule has 1 atom stereocenters. The zero-order valence-electron chi connectivity index (χ0n) is 15.5. The van der Waals surface area contributed by atoms with Crippen molar-refractivity contribution in [1.29, 1.82) is 0 Å². The van der Waals surface area contributed by atoms with Gasteiger partial charge in [-0.05, 0) is 80.1 Å². The summed E-state index contributed by atoms with van der Waals surface area (Å²) in [5, 5.41) is 7.61. The number of carbonyl (C=O) groups is 2. The molecule has 8 heteroatoms. The van der Waals surface area contributed by atoms with Crippen LogP contribution in [0.3, 0.4) is 0 Å². The Balaban J connectivity index is 1.61. The van der Waals surface area contributed by atoms with Crippen LogP contribution >= 0.6 is 0 Å². The molecule has 0 saturated heterocycles. The highest BCUT2D eigenvalue weighted by Crippen LogP contribution is 2.23. The van der Waals surface area contributed by atoms with Gasteiger partial charge >= 0.3 is 5.97 Å². The van der Waals surface area contributed by atoms with Crippen LogP contribution in [-0.2, 0) is 32.4 Å². The van der Waals surface area contributed by atoms with Crippen molar-refractivity contribution in [3.8, 4) is 0 Å². The van der Waals surface area contributed by atoms with Gasteiger partial charge in [0.25, 0.3) is 5.91 Å². The van der Waals surface area contributed by atoms with Crippen LogP contribution in [0.2, 0.25) is 0 Å². The van der Waals surface area contributed by atoms with Crippen LogP contribution in [0, 0.1) is 0 Å². The summed E-state index contributed by atoms with van der Waals surface area (Å²) in [5.41, 5.74) is 3.22. The molecule has 0 saturated carbocycles. The molecule has 0 aromatic heterocycles. The van der Waals surface area contributed by atoms with Crippen molar-refractivity contribution in [2.24, 2.45) is 5.14 Å². The van der Waals surface area contributed by atoms with Gasteiger partial charge in [-0.15, -0.1) is 0 Å². The summed E-state index contributed by atoms with van der Waals surface area (Å²) in [6.07, 6.45) is 3.22. The number of carbonyl (C=O) groups excluding carboxylic acids is 2. The average molecular weight is 402 g/mol. The minimum atomic E-state index is -3.80. The number of benzene rings is 2. The lowest BCUT2D eigenvalue weighted by Crippen LogP contribution is -2.30. The molecule has 148 valence electrons. The monoisotopic (exact) mass is 402 g/mol. The summed E-state index contributed by atoms with van der Waals surface area (Å²) in [6.45, 7) is 1.48. The molecule has 0 radical (unpaired) electrons. The lowest BCUT2D eigenvalue weighted by molar-refractivity contribution is -0.123. The fraction of sp³-hybridized carbons (Fsp3) is 0.300. The number of ether oxygens (including phenoxy) is 1. The maximum absolute atomic E-state index is 12.4. The summed E-state index contributed by atoms with van der Waals surface area (Å²) in [7, 11) is -3.80. The van der Waals surface area contributed by atoms with Crippen LogP contribution in [0.15, 0.2) is 47.4 Å². The quantitative estimate of drug-likeness (QED) is 0.745. The molecular formula is C20H22N2O5S. The molecule has 2 aromatic carbocycles. The number of esters is 1. The van der Waals surface area contributed by atoms with Crippen molar-refractivity contribution in [3.05, 3.63) is 59.2 Å². The van der Waals surface area contributed by atoms with Crippen LogP contribution in [0.5, 0.6) is 0 Å². The molecule has 0 bridgehead atoms. The Morgan fingerprint density at radius 1 is 1.04 bits per heavy atom. The van der Waals surface area contributed by atoms with Crippen LogP contribution < -0.4 is 10.5 Å². The van der Waals surface area contributed by atoms with E-state index in [9.17, 15) is 18.0 Å². The first-order chi connectivity index (χ1) is 13.2. The number of rotatable bonds is 5. The summed E-state index contributed by atoms with van der Waals surface area (Å²) in [5.74, 6) is -1.07. The lowest BCUT2D eigenvalue weighted by Gasteiger charge is -2.17. The Morgan fingerprint density at radius 3 is 2.32 bits per heavy atom. The van der Waals surface area contributed by atoms with Gasteiger partial charge in [0.2, 0.25) is 10.0 Å². The van der Waals surface area contributed by atoms with Crippen LogP contribution in [0.25, 0.3) is 0 Å². The van der Waals surface area contributed by atoms with E-state index in [0.29, 0.717) is 11.3 Å². The zero-order valence-corrected chi connectivity index (χ0v) is 16.3. The van der Waals surface area contributed by atoms with Crippen molar-refractivity contribution < 1.29 is 22.7 Å². The third kappa shape index (κ3) is 4.76. The number of anilines is 1. The highest BCUT2D eigenvalue weighted by molar-refractivity contribution is 7.89. The minimum absolute atomic E-state index is 0.0580. The summed E-state index contributed by atoms with van der Waals surface area (Å²) in [4.78, 5) is 24.6. The van der Waals surface area contributed by atoms with Crippen molar-refractivity contribution in [2.45, 2.75) is 43.6 Å².